The van der Waals surface area contributed by atoms with Crippen LogP contribution in [0.15, 0.2) is 23.3 Å². The lowest BCUT2D eigenvalue weighted by Crippen LogP contribution is -1.87. The van der Waals surface area contributed by atoms with Gasteiger partial charge >= 0.3 is 0 Å². The van der Waals surface area contributed by atoms with Gasteiger partial charge in [-0.1, -0.05) is 29.1 Å². The number of nitriles is 1. The Balaban J connectivity index is 2.88. The third kappa shape index (κ3) is 3.06. The van der Waals surface area contributed by atoms with Gasteiger partial charge in [-0.2, -0.15) is 5.26 Å². The molecule has 0 saturated carbocycles. The minimum atomic E-state index is 0.358. The first-order chi connectivity index (χ1) is 7.79. The second kappa shape index (κ2) is 6.14. The molecule has 0 heterocycles. The summed E-state index contributed by atoms with van der Waals surface area (Å²) in [7, 11) is 0. The van der Waals surface area contributed by atoms with Crippen LogP contribution in [0.5, 0.6) is 0 Å². The van der Waals surface area contributed by atoms with Gasteiger partial charge in [0.15, 0.2) is 0 Å². The van der Waals surface area contributed by atoms with Crippen LogP contribution in [0.2, 0.25) is 0 Å². The lowest BCUT2D eigenvalue weighted by atomic mass is 10.0. The molecule has 1 rings (SSSR count). The summed E-state index contributed by atoms with van der Waals surface area (Å²) in [5.41, 5.74) is 10.4. The molecular weight excluding hydrogens is 200 g/mol. The monoisotopic (exact) mass is 210 g/mol. The van der Waals surface area contributed by atoms with E-state index in [1.54, 1.807) is 6.07 Å². The van der Waals surface area contributed by atoms with Gasteiger partial charge in [-0.25, -0.2) is 0 Å². The summed E-state index contributed by atoms with van der Waals surface area (Å²) in [6.07, 6.45) is 0.503. The van der Waals surface area contributed by atoms with E-state index < -0.39 is 0 Å². The first-order valence-electron chi connectivity index (χ1n) is 4.79. The first-order valence-corrected chi connectivity index (χ1v) is 4.79. The molecule has 0 amide bonds. The van der Waals surface area contributed by atoms with Gasteiger partial charge < -0.3 is 0 Å². The molecule has 0 aliphatic heterocycles. The number of aryl methyl sites for hydroxylation is 1. The topological polar surface area (TPSA) is 72.5 Å². The van der Waals surface area contributed by atoms with E-state index in [1.807, 2.05) is 19.1 Å². The maximum absolute atomic E-state index is 8.90. The van der Waals surface area contributed by atoms with Crippen molar-refractivity contribution in [3.63, 3.8) is 0 Å². The molecule has 0 bridgehead atoms. The molecule has 0 aliphatic carbocycles. The maximum Gasteiger partial charge on any atom is 0.100 e. The van der Waals surface area contributed by atoms with Gasteiger partial charge in [-0.05, 0) is 24.1 Å². The van der Waals surface area contributed by atoms with Crippen molar-refractivity contribution in [2.75, 3.05) is 6.54 Å². The molecule has 0 N–H and O–H groups in total. The third-order valence-corrected chi connectivity index (χ3v) is 2.01. The normalized spacial score (nSPS) is 8.25. The predicted molar refractivity (Wildman–Crippen MR) is 61.4 cm³/mol. The number of nitrogens with zero attached hydrogens (tertiary/aromatic N) is 4. The predicted octanol–water partition coefficient (Wildman–Crippen LogP) is 2.92. The van der Waals surface area contributed by atoms with Crippen LogP contribution in [0.25, 0.3) is 10.4 Å². The van der Waals surface area contributed by atoms with Crippen LogP contribution >= 0.6 is 0 Å². The summed E-state index contributed by atoms with van der Waals surface area (Å²) in [4.78, 5) is 2.64. The third-order valence-electron chi connectivity index (χ3n) is 2.01. The van der Waals surface area contributed by atoms with Crippen molar-refractivity contribution in [2.24, 2.45) is 5.11 Å². The fourth-order valence-corrected chi connectivity index (χ4v) is 1.23. The molecule has 78 valence electrons. The Labute approximate surface area is 94.1 Å². The minimum Gasteiger partial charge on any atom is -0.192 e. The summed E-state index contributed by atoms with van der Waals surface area (Å²) in [5.74, 6) is 5.82. The average molecular weight is 210 g/mol. The molecule has 0 aliphatic rings. The molecule has 16 heavy (non-hydrogen) atoms. The Bertz CT molecular complexity index is 522. The van der Waals surface area contributed by atoms with E-state index in [0.717, 1.165) is 11.1 Å². The molecule has 0 radical (unpaired) electrons. The zero-order chi connectivity index (χ0) is 11.8. The van der Waals surface area contributed by atoms with E-state index >= 15 is 0 Å². The Hall–Kier alpha value is -2.42. The number of hydrogen-bond donors (Lipinski definition) is 0. The van der Waals surface area contributed by atoms with Crippen LogP contribution in [-0.2, 0) is 0 Å². The summed E-state index contributed by atoms with van der Waals surface area (Å²) in [5, 5.41) is 12.3. The van der Waals surface area contributed by atoms with Crippen molar-refractivity contribution in [1.29, 1.82) is 5.26 Å². The van der Waals surface area contributed by atoms with Gasteiger partial charge in [0.05, 0.1) is 5.56 Å². The van der Waals surface area contributed by atoms with Crippen LogP contribution in [0.1, 0.15) is 23.1 Å². The molecule has 0 unspecified atom stereocenters. The van der Waals surface area contributed by atoms with Crippen LogP contribution < -0.4 is 0 Å². The van der Waals surface area contributed by atoms with E-state index in [2.05, 4.69) is 27.9 Å². The zero-order valence-electron chi connectivity index (χ0n) is 8.94. The van der Waals surface area contributed by atoms with E-state index in [1.165, 1.54) is 0 Å². The van der Waals surface area contributed by atoms with Crippen LogP contribution in [0.4, 0.5) is 0 Å². The Morgan fingerprint density at radius 3 is 3.00 bits per heavy atom. The number of hydrogen-bond acceptors (Lipinski definition) is 2. The van der Waals surface area contributed by atoms with E-state index in [9.17, 15) is 0 Å². The molecule has 4 heteroatoms. The van der Waals surface area contributed by atoms with Crippen LogP contribution in [-0.4, -0.2) is 6.54 Å². The first kappa shape index (κ1) is 11.7. The highest BCUT2D eigenvalue weighted by Gasteiger charge is 2.00. The van der Waals surface area contributed by atoms with Crippen molar-refractivity contribution >= 4 is 0 Å². The van der Waals surface area contributed by atoms with Gasteiger partial charge in [0, 0.05) is 23.4 Å². The highest BCUT2D eigenvalue weighted by molar-refractivity contribution is 5.52. The summed E-state index contributed by atoms with van der Waals surface area (Å²) < 4.78 is 0. The van der Waals surface area contributed by atoms with Gasteiger partial charge in [0.2, 0.25) is 0 Å². The smallest absolute Gasteiger partial charge is 0.100 e. The molecular formula is C12H10N4. The fraction of sp³-hybridized carbons (Fsp3) is 0.250. The van der Waals surface area contributed by atoms with Crippen LogP contribution in [0.3, 0.4) is 0 Å². The van der Waals surface area contributed by atoms with E-state index in [-0.39, 0.29) is 0 Å². The Morgan fingerprint density at radius 2 is 2.31 bits per heavy atom. The lowest BCUT2D eigenvalue weighted by Gasteiger charge is -1.98. The van der Waals surface area contributed by atoms with Gasteiger partial charge in [0.25, 0.3) is 0 Å². The molecule has 0 fully saturated rings. The second-order valence-corrected chi connectivity index (χ2v) is 3.12. The molecule has 1 aromatic carbocycles. The molecule has 0 saturated heterocycles. The average Bonchev–Trinajstić information content (AvgIpc) is 2.30. The lowest BCUT2D eigenvalue weighted by molar-refractivity contribution is 1.01. The summed E-state index contributed by atoms with van der Waals surface area (Å²) >= 11 is 0. The largest absolute Gasteiger partial charge is 0.192 e. The summed E-state index contributed by atoms with van der Waals surface area (Å²) in [6, 6.07) is 7.59. The van der Waals surface area contributed by atoms with Gasteiger partial charge in [-0.3, -0.25) is 0 Å². The summed E-state index contributed by atoms with van der Waals surface area (Å²) in [6.45, 7) is 2.27. The molecule has 0 spiro atoms. The Morgan fingerprint density at radius 1 is 1.50 bits per heavy atom. The molecule has 1 aromatic rings. The van der Waals surface area contributed by atoms with Crippen molar-refractivity contribution in [1.82, 2.24) is 0 Å². The van der Waals surface area contributed by atoms with Crippen molar-refractivity contribution in [2.45, 2.75) is 13.3 Å². The SMILES string of the molecule is Cc1cccc(C#N)c1C#CCCN=[N+]=[N-]. The maximum atomic E-state index is 8.90. The second-order valence-electron chi connectivity index (χ2n) is 3.12. The van der Waals surface area contributed by atoms with Crippen LogP contribution in [0, 0.1) is 30.1 Å². The highest BCUT2D eigenvalue weighted by Crippen LogP contribution is 2.11. The van der Waals surface area contributed by atoms with Crippen molar-refractivity contribution < 1.29 is 0 Å². The molecule has 0 atom stereocenters. The van der Waals surface area contributed by atoms with Gasteiger partial charge in [0.1, 0.15) is 6.07 Å². The highest BCUT2D eigenvalue weighted by atomic mass is 15.1. The minimum absolute atomic E-state index is 0.358. The number of benzene rings is 1. The Kier molecular flexibility index (Phi) is 4.47. The number of azide groups is 1. The van der Waals surface area contributed by atoms with Crippen molar-refractivity contribution in [3.8, 4) is 17.9 Å². The van der Waals surface area contributed by atoms with E-state index in [4.69, 9.17) is 10.8 Å². The number of rotatable bonds is 2. The van der Waals surface area contributed by atoms with Crippen molar-refractivity contribution in [3.05, 3.63) is 45.3 Å². The fourth-order valence-electron chi connectivity index (χ4n) is 1.23. The van der Waals surface area contributed by atoms with Gasteiger partial charge in [-0.15, -0.1) is 0 Å². The molecule has 4 nitrogen and oxygen atoms in total. The quantitative estimate of drug-likeness (QED) is 0.243. The van der Waals surface area contributed by atoms with E-state index in [0.29, 0.717) is 18.5 Å². The molecule has 0 aromatic heterocycles. The standard InChI is InChI=1S/C12H10N4/c1-10-5-4-6-11(9-13)12(10)7-2-3-8-15-16-14/h4-6H,3,8H2,1H3. The zero-order valence-corrected chi connectivity index (χ0v) is 8.94.